The molecule has 0 aromatic carbocycles. The highest BCUT2D eigenvalue weighted by Gasteiger charge is 2.40. The number of amides is 1. The fourth-order valence-electron chi connectivity index (χ4n) is 2.98. The van der Waals surface area contributed by atoms with Gasteiger partial charge in [0.25, 0.3) is 0 Å². The number of carbonyl (C=O) groups excluding carboxylic acids is 1. The predicted octanol–water partition coefficient (Wildman–Crippen LogP) is -0.157. The van der Waals surface area contributed by atoms with Crippen LogP contribution in [-0.4, -0.2) is 49.7 Å². The minimum Gasteiger partial charge on any atom is -0.381 e. The van der Waals surface area contributed by atoms with Gasteiger partial charge in [-0.2, -0.15) is 0 Å². The maximum absolute atomic E-state index is 12.1. The highest BCUT2D eigenvalue weighted by atomic mass is 16.5. The summed E-state index contributed by atoms with van der Waals surface area (Å²) in [5.41, 5.74) is 0. The second kappa shape index (κ2) is 3.76. The van der Waals surface area contributed by atoms with Crippen molar-refractivity contribution in [3.05, 3.63) is 0 Å². The molecule has 0 spiro atoms. The lowest BCUT2D eigenvalue weighted by atomic mass is 10.0. The van der Waals surface area contributed by atoms with E-state index in [4.69, 9.17) is 4.74 Å². The van der Waals surface area contributed by atoms with Crippen LogP contribution in [0, 0.1) is 11.8 Å². The van der Waals surface area contributed by atoms with Crippen molar-refractivity contribution >= 4 is 5.91 Å². The molecule has 0 bridgehead atoms. The molecule has 0 saturated carbocycles. The van der Waals surface area contributed by atoms with Gasteiger partial charge in [-0.3, -0.25) is 4.79 Å². The van der Waals surface area contributed by atoms with Crippen LogP contribution in [0.2, 0.25) is 0 Å². The van der Waals surface area contributed by atoms with Crippen molar-refractivity contribution in [1.82, 2.24) is 10.2 Å². The Hall–Kier alpha value is -0.610. The summed E-state index contributed by atoms with van der Waals surface area (Å²) in [6, 6.07) is 0.102. The first-order chi connectivity index (χ1) is 7.34. The molecule has 3 rings (SSSR count). The lowest BCUT2D eigenvalue weighted by molar-refractivity contribution is -0.132. The first kappa shape index (κ1) is 9.60. The van der Waals surface area contributed by atoms with Crippen LogP contribution in [0.5, 0.6) is 0 Å². The van der Waals surface area contributed by atoms with Gasteiger partial charge >= 0.3 is 0 Å². The third-order valence-corrected chi connectivity index (χ3v) is 3.91. The minimum atomic E-state index is 0.102. The fourth-order valence-corrected chi connectivity index (χ4v) is 2.98. The number of nitrogens with zero attached hydrogens (tertiary/aromatic N) is 1. The Morgan fingerprint density at radius 1 is 1.27 bits per heavy atom. The first-order valence-electron chi connectivity index (χ1n) is 5.94. The average Bonchev–Trinajstić information content (AvgIpc) is 2.92. The Morgan fingerprint density at radius 2 is 2.00 bits per heavy atom. The molecule has 15 heavy (non-hydrogen) atoms. The molecule has 4 heteroatoms. The largest absolute Gasteiger partial charge is 0.381 e. The molecule has 1 amide bonds. The van der Waals surface area contributed by atoms with Gasteiger partial charge in [0.1, 0.15) is 0 Å². The van der Waals surface area contributed by atoms with Crippen molar-refractivity contribution in [2.45, 2.75) is 18.9 Å². The molecule has 1 N–H and O–H groups in total. The van der Waals surface area contributed by atoms with Crippen molar-refractivity contribution in [1.29, 1.82) is 0 Å². The number of rotatable bonds is 1. The Kier molecular flexibility index (Phi) is 2.41. The van der Waals surface area contributed by atoms with E-state index in [-0.39, 0.29) is 6.04 Å². The molecule has 3 fully saturated rings. The van der Waals surface area contributed by atoms with Crippen LogP contribution in [0.3, 0.4) is 0 Å². The van der Waals surface area contributed by atoms with Gasteiger partial charge in [-0.25, -0.2) is 0 Å². The van der Waals surface area contributed by atoms with Crippen molar-refractivity contribution in [3.8, 4) is 0 Å². The summed E-state index contributed by atoms with van der Waals surface area (Å²) < 4.78 is 5.41. The summed E-state index contributed by atoms with van der Waals surface area (Å²) in [7, 11) is 0. The lowest BCUT2D eigenvalue weighted by Gasteiger charge is -2.21. The van der Waals surface area contributed by atoms with Gasteiger partial charge in [-0.1, -0.05) is 0 Å². The Bertz CT molecular complexity index is 251. The number of likely N-dealkylation sites (tertiary alicyclic amines) is 1. The third kappa shape index (κ3) is 1.66. The fraction of sp³-hybridized carbons (Fsp3) is 0.909. The number of hydrogen-bond acceptors (Lipinski definition) is 3. The molecule has 0 radical (unpaired) electrons. The van der Waals surface area contributed by atoms with Crippen LogP contribution in [0.15, 0.2) is 0 Å². The van der Waals surface area contributed by atoms with E-state index in [0.29, 0.717) is 17.7 Å². The first-order valence-corrected chi connectivity index (χ1v) is 5.94. The number of nitrogens with one attached hydrogen (secondary N) is 1. The molecule has 4 nitrogen and oxygen atoms in total. The summed E-state index contributed by atoms with van der Waals surface area (Å²) in [6.07, 6.45) is 2.15. The summed E-state index contributed by atoms with van der Waals surface area (Å²) in [5.74, 6) is 1.53. The Morgan fingerprint density at radius 3 is 2.60 bits per heavy atom. The summed E-state index contributed by atoms with van der Waals surface area (Å²) in [6.45, 7) is 4.54. The Balaban J connectivity index is 1.61. The molecular formula is C11H18N2O2. The van der Waals surface area contributed by atoms with Crippen LogP contribution >= 0.6 is 0 Å². The zero-order valence-electron chi connectivity index (χ0n) is 8.95. The van der Waals surface area contributed by atoms with Crippen LogP contribution in [0.4, 0.5) is 0 Å². The van der Waals surface area contributed by atoms with Crippen molar-refractivity contribution in [2.24, 2.45) is 11.8 Å². The van der Waals surface area contributed by atoms with Crippen LogP contribution in [0.1, 0.15) is 12.8 Å². The van der Waals surface area contributed by atoms with E-state index in [2.05, 4.69) is 5.32 Å². The van der Waals surface area contributed by atoms with Gasteiger partial charge in [0, 0.05) is 24.9 Å². The topological polar surface area (TPSA) is 41.6 Å². The third-order valence-electron chi connectivity index (χ3n) is 3.91. The molecule has 3 aliphatic heterocycles. The molecule has 3 aliphatic rings. The highest BCUT2D eigenvalue weighted by Crippen LogP contribution is 2.29. The maximum atomic E-state index is 12.1. The molecule has 0 aromatic rings. The van der Waals surface area contributed by atoms with E-state index < -0.39 is 0 Å². The van der Waals surface area contributed by atoms with Gasteiger partial charge in [0.2, 0.25) is 5.91 Å². The van der Waals surface area contributed by atoms with Gasteiger partial charge in [-0.15, -0.1) is 0 Å². The van der Waals surface area contributed by atoms with Crippen LogP contribution in [-0.2, 0) is 9.53 Å². The van der Waals surface area contributed by atoms with Gasteiger partial charge in [0.15, 0.2) is 0 Å². The van der Waals surface area contributed by atoms with E-state index in [0.717, 1.165) is 45.7 Å². The number of fused-ring (bicyclic) bond motifs is 1. The maximum Gasteiger partial charge on any atom is 0.239 e. The van der Waals surface area contributed by atoms with Crippen molar-refractivity contribution in [2.75, 3.05) is 32.8 Å². The van der Waals surface area contributed by atoms with Crippen molar-refractivity contribution < 1.29 is 9.53 Å². The SMILES string of the molecule is O=C(C1CCCN1)N1CC2COCC2C1. The Labute approximate surface area is 90.0 Å². The molecule has 84 valence electrons. The monoisotopic (exact) mass is 210 g/mol. The highest BCUT2D eigenvalue weighted by molar-refractivity contribution is 5.82. The van der Waals surface area contributed by atoms with Gasteiger partial charge in [0.05, 0.1) is 19.3 Å². The average molecular weight is 210 g/mol. The minimum absolute atomic E-state index is 0.102. The molecule has 3 heterocycles. The normalized spacial score (nSPS) is 39.7. The summed E-state index contributed by atoms with van der Waals surface area (Å²) in [5, 5.41) is 3.28. The predicted molar refractivity (Wildman–Crippen MR) is 55.4 cm³/mol. The van der Waals surface area contributed by atoms with Gasteiger partial charge < -0.3 is 15.0 Å². The van der Waals surface area contributed by atoms with E-state index in [9.17, 15) is 4.79 Å². The number of hydrogen-bond donors (Lipinski definition) is 1. The van der Waals surface area contributed by atoms with E-state index in [1.54, 1.807) is 0 Å². The van der Waals surface area contributed by atoms with Gasteiger partial charge in [-0.05, 0) is 19.4 Å². The molecule has 0 aliphatic carbocycles. The molecule has 3 atom stereocenters. The standard InChI is InChI=1S/C11H18N2O2/c14-11(10-2-1-3-12-10)13-4-8-6-15-7-9(8)5-13/h8-10,12H,1-7H2. The zero-order valence-corrected chi connectivity index (χ0v) is 8.95. The van der Waals surface area contributed by atoms with E-state index >= 15 is 0 Å². The van der Waals surface area contributed by atoms with Crippen molar-refractivity contribution in [3.63, 3.8) is 0 Å². The quantitative estimate of drug-likeness (QED) is 0.654. The lowest BCUT2D eigenvalue weighted by Crippen LogP contribution is -2.43. The zero-order chi connectivity index (χ0) is 10.3. The molecule has 3 unspecified atom stereocenters. The van der Waals surface area contributed by atoms with E-state index in [1.165, 1.54) is 0 Å². The van der Waals surface area contributed by atoms with E-state index in [1.807, 2.05) is 4.90 Å². The summed E-state index contributed by atoms with van der Waals surface area (Å²) >= 11 is 0. The van der Waals surface area contributed by atoms with Crippen LogP contribution in [0.25, 0.3) is 0 Å². The molecular weight excluding hydrogens is 192 g/mol. The number of ether oxygens (including phenoxy) is 1. The molecule has 0 aromatic heterocycles. The molecule has 3 saturated heterocycles. The number of carbonyl (C=O) groups is 1. The second-order valence-electron chi connectivity index (χ2n) is 4.95. The van der Waals surface area contributed by atoms with Crippen LogP contribution < -0.4 is 5.32 Å². The smallest absolute Gasteiger partial charge is 0.239 e. The second-order valence-corrected chi connectivity index (χ2v) is 4.95. The summed E-state index contributed by atoms with van der Waals surface area (Å²) in [4.78, 5) is 14.1.